The summed E-state index contributed by atoms with van der Waals surface area (Å²) in [6.45, 7) is -0.915. The Morgan fingerprint density at radius 3 is 1.71 bits per heavy atom. The fourth-order valence-electron chi connectivity index (χ4n) is 4.45. The third-order valence-corrected chi connectivity index (χ3v) is 7.65. The van der Waals surface area contributed by atoms with Crippen molar-refractivity contribution in [2.75, 3.05) is 0 Å². The lowest BCUT2D eigenvalue weighted by atomic mass is 10.1. The van der Waals surface area contributed by atoms with Gasteiger partial charge in [0.05, 0.1) is 19.6 Å². The number of ether oxygens (including phenoxy) is 1. The summed E-state index contributed by atoms with van der Waals surface area (Å²) in [5, 5.41) is 4.79. The van der Waals surface area contributed by atoms with Crippen LogP contribution in [0.3, 0.4) is 0 Å². The second kappa shape index (κ2) is 16.7. The van der Waals surface area contributed by atoms with Crippen LogP contribution in [0.15, 0.2) is 58.9 Å². The summed E-state index contributed by atoms with van der Waals surface area (Å²) in [7, 11) is 0. The number of halogens is 13. The minimum Gasteiger partial charge on any atom is -0.356 e. The fraction of sp³-hybridized carbons (Fsp3) is 0.200. The summed E-state index contributed by atoms with van der Waals surface area (Å²) >= 11 is 2.88. The van der Waals surface area contributed by atoms with Gasteiger partial charge in [-0.15, -0.1) is 0 Å². The van der Waals surface area contributed by atoms with Crippen LogP contribution in [-0.2, 0) is 43.5 Å². The topological polar surface area (TPSA) is 154 Å². The molecule has 2 heterocycles. The molecule has 0 atom stereocenters. The number of hydrogen-bond acceptors (Lipinski definition) is 7. The van der Waals surface area contributed by atoms with E-state index >= 15 is 0 Å². The summed E-state index contributed by atoms with van der Waals surface area (Å²) in [4.78, 5) is 58.9. The summed E-state index contributed by atoms with van der Waals surface area (Å²) in [6.07, 6.45) is -2.91. The Hall–Kier alpha value is -5.72. The number of aromatic nitrogens is 6. The molecule has 55 heavy (non-hydrogen) atoms. The van der Waals surface area contributed by atoms with E-state index in [1.807, 2.05) is 0 Å². The molecule has 0 radical (unpaired) electrons. The fourth-order valence-corrected chi connectivity index (χ4v) is 4.85. The van der Waals surface area contributed by atoms with Gasteiger partial charge in [-0.05, 0) is 27.9 Å². The Morgan fingerprint density at radius 1 is 0.691 bits per heavy atom. The maximum absolute atomic E-state index is 13.9. The number of H-pyrrole nitrogens is 2. The predicted molar refractivity (Wildman–Crippen MR) is 164 cm³/mol. The van der Waals surface area contributed by atoms with E-state index in [0.29, 0.717) is 9.25 Å². The highest BCUT2D eigenvalue weighted by atomic mass is 79.9. The monoisotopic (exact) mass is 864 g/mol. The molecule has 0 amide bonds. The van der Waals surface area contributed by atoms with Gasteiger partial charge >= 0.3 is 28.5 Å². The van der Waals surface area contributed by atoms with Gasteiger partial charge in [0.15, 0.2) is 51.1 Å². The molecular weight excluding hydrogens is 848 g/mol. The van der Waals surface area contributed by atoms with Gasteiger partial charge in [0, 0.05) is 11.1 Å². The lowest BCUT2D eigenvalue weighted by molar-refractivity contribution is -0.0986. The van der Waals surface area contributed by atoms with Crippen LogP contribution in [0.1, 0.15) is 16.7 Å². The van der Waals surface area contributed by atoms with Gasteiger partial charge in [-0.3, -0.25) is 24.5 Å². The van der Waals surface area contributed by atoms with Crippen molar-refractivity contribution in [3.8, 4) is 0 Å². The van der Waals surface area contributed by atoms with Crippen LogP contribution in [0.2, 0.25) is 0 Å². The molecule has 5 rings (SSSR count). The number of aromatic amines is 2. The van der Waals surface area contributed by atoms with E-state index in [4.69, 9.17) is 4.74 Å². The van der Waals surface area contributed by atoms with E-state index in [-0.39, 0.29) is 11.2 Å². The Bertz CT molecular complexity index is 2520. The van der Waals surface area contributed by atoms with Crippen LogP contribution < -0.4 is 28.1 Å². The maximum atomic E-state index is 13.9. The minimum absolute atomic E-state index is 0.0945. The first-order valence-electron chi connectivity index (χ1n) is 14.5. The van der Waals surface area contributed by atoms with E-state index in [9.17, 15) is 76.7 Å². The number of aryl methyl sites for hydroxylation is 1. The van der Waals surface area contributed by atoms with E-state index in [0.717, 1.165) is 10.7 Å². The molecule has 0 aliphatic rings. The molecule has 12 nitrogen and oxygen atoms in total. The van der Waals surface area contributed by atoms with Crippen LogP contribution in [0, 0.1) is 58.2 Å². The van der Waals surface area contributed by atoms with Gasteiger partial charge in [-0.25, -0.2) is 62.7 Å². The lowest BCUT2D eigenvalue weighted by Crippen LogP contribution is -2.49. The number of nitrogens with zero attached hydrogens (tertiary/aromatic N) is 4. The summed E-state index contributed by atoms with van der Waals surface area (Å²) in [6, 6.07) is 4.28. The molecule has 0 spiro atoms. The lowest BCUT2D eigenvalue weighted by Gasteiger charge is -2.18. The minimum atomic E-state index is -4.63. The molecule has 3 aromatic carbocycles. The average molecular weight is 865 g/mol. The highest BCUT2D eigenvalue weighted by Crippen LogP contribution is 2.30. The number of rotatable bonds is 10. The predicted octanol–water partition coefficient (Wildman–Crippen LogP) is 3.99. The number of hydrogen-bond donors (Lipinski definition) is 2. The van der Waals surface area contributed by atoms with Gasteiger partial charge in [0.25, 0.3) is 5.56 Å². The number of alkyl halides is 2. The quantitative estimate of drug-likeness (QED) is 0.0933. The SMILES string of the molecule is O=c1[nH]c(=O)n(C(F)(F)Cc2c(F)c(F)c(F)c(F)c2F)[nH]c1=O.O=c1c(Br)nn(CCc2c(F)c(F)c(F)c(F)c2F)c(=O)n1COCc1ccccc1. The van der Waals surface area contributed by atoms with Crippen LogP contribution in [-0.4, -0.2) is 29.1 Å². The molecule has 2 N–H and O–H groups in total. The summed E-state index contributed by atoms with van der Waals surface area (Å²) in [5.41, 5.74) is -9.16. The highest BCUT2D eigenvalue weighted by molar-refractivity contribution is 9.10. The summed E-state index contributed by atoms with van der Waals surface area (Å²) in [5.74, 6) is -23.0. The highest BCUT2D eigenvalue weighted by Gasteiger charge is 2.39. The van der Waals surface area contributed by atoms with Crippen molar-refractivity contribution in [3.05, 3.63) is 162 Å². The molecule has 0 aliphatic heterocycles. The van der Waals surface area contributed by atoms with Crippen LogP contribution in [0.5, 0.6) is 0 Å². The second-order valence-corrected chi connectivity index (χ2v) is 11.5. The van der Waals surface area contributed by atoms with E-state index in [1.165, 1.54) is 4.98 Å². The molecule has 294 valence electrons. The van der Waals surface area contributed by atoms with E-state index in [2.05, 4.69) is 21.0 Å². The van der Waals surface area contributed by atoms with Crippen molar-refractivity contribution < 1.29 is 57.4 Å². The van der Waals surface area contributed by atoms with Crippen molar-refractivity contribution in [2.45, 2.75) is 38.8 Å². The zero-order valence-electron chi connectivity index (χ0n) is 26.6. The zero-order valence-corrected chi connectivity index (χ0v) is 28.2. The molecule has 5 aromatic rings. The van der Waals surface area contributed by atoms with Crippen molar-refractivity contribution in [2.24, 2.45) is 0 Å². The molecule has 0 aliphatic carbocycles. The van der Waals surface area contributed by atoms with Gasteiger partial charge in [0.1, 0.15) is 6.73 Å². The third-order valence-electron chi connectivity index (χ3n) is 7.15. The summed E-state index contributed by atoms with van der Waals surface area (Å²) < 4.78 is 167. The maximum Gasteiger partial charge on any atom is 0.350 e. The van der Waals surface area contributed by atoms with Gasteiger partial charge in [-0.1, -0.05) is 30.3 Å². The van der Waals surface area contributed by atoms with Gasteiger partial charge in [-0.2, -0.15) is 18.6 Å². The Morgan fingerprint density at radius 2 is 1.18 bits per heavy atom. The molecular formula is C30H17BrF12N6O6. The molecule has 0 saturated heterocycles. The molecule has 25 heteroatoms. The standard InChI is InChI=1S/C19H13BrF5N3O3.C11H4F7N3O3/c20-17-18(29)27(9-31-8-10-4-2-1-3-5-10)19(30)28(26-17)7-6-11-12(21)14(23)16(25)15(24)13(11)22;12-3-2(4(13)6(15)7(16)5(3)14)1-11(17,18)21-10(24)19-8(22)9(23)20-21/h1-5H,6-9H2;1H2,(H,20,23)(H,19,22,24). The smallest absolute Gasteiger partial charge is 0.350 e. The van der Waals surface area contributed by atoms with Gasteiger partial charge in [0.2, 0.25) is 11.6 Å². The Labute approximate surface area is 303 Å². The molecule has 2 aromatic heterocycles. The van der Waals surface area contributed by atoms with Crippen molar-refractivity contribution >= 4 is 15.9 Å². The average Bonchev–Trinajstić information content (AvgIpc) is 3.15. The van der Waals surface area contributed by atoms with Crippen LogP contribution >= 0.6 is 15.9 Å². The van der Waals surface area contributed by atoms with Crippen molar-refractivity contribution in [1.82, 2.24) is 29.1 Å². The number of nitrogens with one attached hydrogen (secondary N) is 2. The third kappa shape index (κ3) is 8.82. The second-order valence-electron chi connectivity index (χ2n) is 10.7. The first-order chi connectivity index (χ1) is 25.7. The largest absolute Gasteiger partial charge is 0.356 e. The number of benzene rings is 3. The molecule has 0 bridgehead atoms. The Kier molecular flexibility index (Phi) is 12.8. The van der Waals surface area contributed by atoms with E-state index in [1.54, 1.807) is 30.3 Å². The molecule has 0 unspecified atom stereocenters. The molecule has 0 saturated carbocycles. The van der Waals surface area contributed by atoms with Crippen LogP contribution in [0.4, 0.5) is 52.7 Å². The Balaban J connectivity index is 0.000000253. The normalized spacial score (nSPS) is 11.4. The van der Waals surface area contributed by atoms with Crippen molar-refractivity contribution in [1.29, 1.82) is 0 Å². The first-order valence-corrected chi connectivity index (χ1v) is 15.3. The van der Waals surface area contributed by atoms with Crippen molar-refractivity contribution in [3.63, 3.8) is 0 Å². The van der Waals surface area contributed by atoms with E-state index < -0.39 is 134 Å². The van der Waals surface area contributed by atoms with Gasteiger partial charge < -0.3 is 4.74 Å². The zero-order chi connectivity index (χ0) is 41.1. The molecule has 0 fully saturated rings. The van der Waals surface area contributed by atoms with Crippen LogP contribution in [0.25, 0.3) is 0 Å². The first kappa shape index (κ1) is 42.0.